The summed E-state index contributed by atoms with van der Waals surface area (Å²) in [6, 6.07) is 22.6. The van der Waals surface area contributed by atoms with E-state index in [1.165, 1.54) is 25.5 Å². The minimum Gasteiger partial charge on any atom is -0.489 e. The summed E-state index contributed by atoms with van der Waals surface area (Å²) >= 11 is 0. The van der Waals surface area contributed by atoms with Gasteiger partial charge in [-0.05, 0) is 79.1 Å². The summed E-state index contributed by atoms with van der Waals surface area (Å²) in [5.41, 5.74) is 6.43. The third-order valence-corrected chi connectivity index (χ3v) is 7.56. The molecule has 2 N–H and O–H groups in total. The van der Waals surface area contributed by atoms with Gasteiger partial charge in [-0.2, -0.15) is 5.10 Å². The van der Waals surface area contributed by atoms with E-state index in [0.29, 0.717) is 34.7 Å². The van der Waals surface area contributed by atoms with Crippen molar-refractivity contribution < 1.29 is 27.6 Å². The van der Waals surface area contributed by atoms with Crippen molar-refractivity contribution in [2.24, 2.45) is 5.10 Å². The number of hydrogen-bond donors (Lipinski definition) is 2. The number of rotatable bonds is 11. The summed E-state index contributed by atoms with van der Waals surface area (Å²) < 4.78 is 39.5. The average Bonchev–Trinajstić information content (AvgIpc) is 2.98. The van der Waals surface area contributed by atoms with Gasteiger partial charge >= 0.3 is 5.97 Å². The fraction of sp³-hybridized carbons (Fsp3) is 0.133. The van der Waals surface area contributed by atoms with Gasteiger partial charge in [-0.15, -0.1) is 0 Å². The Morgan fingerprint density at radius 1 is 0.952 bits per heavy atom. The molecule has 0 fully saturated rings. The monoisotopic (exact) mass is 588 g/mol. The predicted molar refractivity (Wildman–Crippen MR) is 160 cm³/mol. The molecule has 0 aliphatic heterocycles. The van der Waals surface area contributed by atoms with Crippen molar-refractivity contribution in [3.05, 3.63) is 123 Å². The Kier molecular flexibility index (Phi) is 9.18. The molecular formula is C30H28N4O7S. The van der Waals surface area contributed by atoms with Gasteiger partial charge in [0.25, 0.3) is 15.7 Å². The number of hydrogen-bond acceptors (Lipinski definition) is 9. The molecule has 0 spiro atoms. The van der Waals surface area contributed by atoms with E-state index in [4.69, 9.17) is 9.47 Å². The summed E-state index contributed by atoms with van der Waals surface area (Å²) in [7, 11) is -2.88. The smallest absolute Gasteiger partial charge is 0.337 e. The van der Waals surface area contributed by atoms with Gasteiger partial charge in [-0.1, -0.05) is 29.8 Å². The van der Waals surface area contributed by atoms with Crippen LogP contribution in [0.5, 0.6) is 5.75 Å². The molecule has 0 radical (unpaired) electrons. The highest BCUT2D eigenvalue weighted by Crippen LogP contribution is 2.29. The van der Waals surface area contributed by atoms with E-state index in [2.05, 4.69) is 15.2 Å². The minimum atomic E-state index is -4.20. The first-order valence-corrected chi connectivity index (χ1v) is 14.1. The number of carbonyl (C=O) groups is 1. The Morgan fingerprint density at radius 2 is 1.64 bits per heavy atom. The maximum Gasteiger partial charge on any atom is 0.337 e. The number of esters is 1. The van der Waals surface area contributed by atoms with Crippen molar-refractivity contribution in [2.45, 2.75) is 25.3 Å². The fourth-order valence-corrected chi connectivity index (χ4v) is 5.22. The molecule has 0 saturated heterocycles. The molecule has 4 aromatic rings. The van der Waals surface area contributed by atoms with Crippen LogP contribution in [-0.2, 0) is 21.4 Å². The third kappa shape index (κ3) is 7.49. The highest BCUT2D eigenvalue weighted by molar-refractivity contribution is 7.92. The number of ether oxygens (including phenoxy) is 2. The quantitative estimate of drug-likeness (QED) is 0.0963. The van der Waals surface area contributed by atoms with Crippen molar-refractivity contribution in [3.63, 3.8) is 0 Å². The SMILES string of the molecule is COC(=O)c1ccc(COc2ccc(/C=N/Nc3ccc([N+](=O)[O-])cc3S(=O)(=O)Nc3ccc(C)cc3C)cc2)cc1. The van der Waals surface area contributed by atoms with Crippen LogP contribution in [0.3, 0.4) is 0 Å². The molecule has 11 nitrogen and oxygen atoms in total. The maximum absolute atomic E-state index is 13.3. The number of anilines is 2. The Bertz CT molecular complexity index is 1740. The summed E-state index contributed by atoms with van der Waals surface area (Å²) in [4.78, 5) is 21.9. The minimum absolute atomic E-state index is 0.0623. The molecule has 0 amide bonds. The molecule has 0 aliphatic carbocycles. The van der Waals surface area contributed by atoms with Gasteiger partial charge in [0.2, 0.25) is 0 Å². The van der Waals surface area contributed by atoms with Gasteiger partial charge in [0, 0.05) is 12.1 Å². The van der Waals surface area contributed by atoms with E-state index in [9.17, 15) is 23.3 Å². The van der Waals surface area contributed by atoms with Crippen LogP contribution in [0.15, 0.2) is 94.9 Å². The van der Waals surface area contributed by atoms with Gasteiger partial charge in [0.1, 0.15) is 17.3 Å². The van der Waals surface area contributed by atoms with Crippen LogP contribution in [0.25, 0.3) is 0 Å². The molecule has 0 saturated carbocycles. The number of nitrogens with zero attached hydrogens (tertiary/aromatic N) is 2. The van der Waals surface area contributed by atoms with Crippen LogP contribution in [0.4, 0.5) is 17.1 Å². The first-order valence-electron chi connectivity index (χ1n) is 12.6. The zero-order valence-electron chi connectivity index (χ0n) is 23.0. The maximum atomic E-state index is 13.3. The first-order chi connectivity index (χ1) is 20.1. The second-order valence-electron chi connectivity index (χ2n) is 9.28. The van der Waals surface area contributed by atoms with Crippen molar-refractivity contribution in [2.75, 3.05) is 17.3 Å². The van der Waals surface area contributed by atoms with Gasteiger partial charge < -0.3 is 9.47 Å². The molecule has 4 aromatic carbocycles. The number of aryl methyl sites for hydroxylation is 2. The molecule has 0 atom stereocenters. The van der Waals surface area contributed by atoms with Crippen LogP contribution >= 0.6 is 0 Å². The van der Waals surface area contributed by atoms with Crippen LogP contribution in [0.1, 0.15) is 32.6 Å². The van der Waals surface area contributed by atoms with Crippen molar-refractivity contribution in [1.29, 1.82) is 0 Å². The predicted octanol–water partition coefficient (Wildman–Crippen LogP) is 5.82. The number of non-ortho nitro benzene ring substituents is 1. The fourth-order valence-electron chi connectivity index (χ4n) is 3.92. The Morgan fingerprint density at radius 3 is 2.29 bits per heavy atom. The van der Waals surface area contributed by atoms with Gasteiger partial charge in [0.15, 0.2) is 0 Å². The Labute approximate surface area is 243 Å². The molecule has 12 heteroatoms. The molecule has 0 heterocycles. The van der Waals surface area contributed by atoms with E-state index >= 15 is 0 Å². The van der Waals surface area contributed by atoms with Crippen molar-refractivity contribution >= 4 is 39.3 Å². The van der Waals surface area contributed by atoms with Crippen molar-refractivity contribution in [1.82, 2.24) is 0 Å². The van der Waals surface area contributed by atoms with Gasteiger partial charge in [-0.3, -0.25) is 20.3 Å². The highest BCUT2D eigenvalue weighted by atomic mass is 32.2. The van der Waals surface area contributed by atoms with Gasteiger partial charge in [0.05, 0.1) is 35.2 Å². The zero-order valence-corrected chi connectivity index (χ0v) is 23.8. The molecule has 0 unspecified atom stereocenters. The van der Waals surface area contributed by atoms with E-state index < -0.39 is 20.9 Å². The normalized spacial score (nSPS) is 11.2. The Hall–Kier alpha value is -5.23. The molecule has 4 rings (SSSR count). The van der Waals surface area contributed by atoms with E-state index in [0.717, 1.165) is 17.2 Å². The lowest BCUT2D eigenvalue weighted by molar-refractivity contribution is -0.385. The van der Waals surface area contributed by atoms with Crippen LogP contribution in [-0.4, -0.2) is 32.6 Å². The van der Waals surface area contributed by atoms with E-state index in [1.807, 2.05) is 13.0 Å². The number of nitrogens with one attached hydrogen (secondary N) is 2. The van der Waals surface area contributed by atoms with E-state index in [-0.39, 0.29) is 16.3 Å². The zero-order chi connectivity index (χ0) is 30.3. The lowest BCUT2D eigenvalue weighted by Crippen LogP contribution is -2.16. The molecule has 0 bridgehead atoms. The average molecular weight is 589 g/mol. The summed E-state index contributed by atoms with van der Waals surface area (Å²) in [6.07, 6.45) is 1.48. The number of nitro benzene ring substituents is 1. The van der Waals surface area contributed by atoms with Crippen LogP contribution in [0, 0.1) is 24.0 Å². The largest absolute Gasteiger partial charge is 0.489 e. The second kappa shape index (κ2) is 13.0. The van der Waals surface area contributed by atoms with E-state index in [1.54, 1.807) is 67.6 Å². The number of sulfonamides is 1. The molecule has 0 aromatic heterocycles. The molecular weight excluding hydrogens is 560 g/mol. The lowest BCUT2D eigenvalue weighted by atomic mass is 10.1. The van der Waals surface area contributed by atoms with Crippen LogP contribution < -0.4 is 14.9 Å². The molecule has 42 heavy (non-hydrogen) atoms. The third-order valence-electron chi connectivity index (χ3n) is 6.15. The molecule has 216 valence electrons. The second-order valence-corrected chi connectivity index (χ2v) is 10.9. The first kappa shape index (κ1) is 29.7. The number of carbonyl (C=O) groups excluding carboxylic acids is 1. The lowest BCUT2D eigenvalue weighted by Gasteiger charge is -2.14. The number of methoxy groups -OCH3 is 1. The number of benzene rings is 4. The van der Waals surface area contributed by atoms with Gasteiger partial charge in [-0.25, -0.2) is 13.2 Å². The number of nitro groups is 1. The summed E-state index contributed by atoms with van der Waals surface area (Å²) in [5, 5.41) is 15.5. The van der Waals surface area contributed by atoms with Crippen LogP contribution in [0.2, 0.25) is 0 Å². The number of hydrazone groups is 1. The topological polar surface area (TPSA) is 149 Å². The highest BCUT2D eigenvalue weighted by Gasteiger charge is 2.23. The summed E-state index contributed by atoms with van der Waals surface area (Å²) in [5.74, 6) is 0.202. The van der Waals surface area contributed by atoms with Crippen molar-refractivity contribution in [3.8, 4) is 5.75 Å². The summed E-state index contributed by atoms with van der Waals surface area (Å²) in [6.45, 7) is 3.95. The Balaban J connectivity index is 1.44. The molecule has 0 aliphatic rings. The standard InChI is InChI=1S/C30H28N4O7S/c1-20-4-14-27(21(2)16-20)33-42(38,39)29-17-25(34(36)37)11-15-28(29)32-31-18-22-7-12-26(13-8-22)41-19-23-5-9-24(10-6-23)30(35)40-3/h4-18,32-33H,19H2,1-3H3/b31-18+.